The van der Waals surface area contributed by atoms with E-state index in [1.165, 1.54) is 44.1 Å². The van der Waals surface area contributed by atoms with Gasteiger partial charge in [-0.2, -0.15) is 0 Å². The second-order valence-electron chi connectivity index (χ2n) is 5.67. The van der Waals surface area contributed by atoms with Gasteiger partial charge >= 0.3 is 0 Å². The summed E-state index contributed by atoms with van der Waals surface area (Å²) in [5.74, 6) is 1.76. The lowest BCUT2D eigenvalue weighted by Crippen LogP contribution is -2.28. The molecular weight excluding hydrogens is 302 g/mol. The third kappa shape index (κ3) is 2.55. The average molecular weight is 324 g/mol. The molecule has 0 atom stereocenters. The zero-order valence-electron chi connectivity index (χ0n) is 11.6. The molecule has 1 aliphatic carbocycles. The maximum Gasteiger partial charge on any atom is 0.136 e. The predicted molar refractivity (Wildman–Crippen MR) is 82.2 cm³/mol. The maximum absolute atomic E-state index is 5.73. The quantitative estimate of drug-likeness (QED) is 0.893. The first-order valence-electron chi connectivity index (χ1n) is 7.40. The normalized spacial score (nSPS) is 20.1. The zero-order chi connectivity index (χ0) is 13.2. The van der Waals surface area contributed by atoms with Crippen molar-refractivity contribution in [3.05, 3.63) is 27.2 Å². The summed E-state index contributed by atoms with van der Waals surface area (Å²) in [4.78, 5) is 0. The van der Waals surface area contributed by atoms with Crippen LogP contribution in [0.1, 0.15) is 48.3 Å². The van der Waals surface area contributed by atoms with E-state index in [1.807, 2.05) is 0 Å². The van der Waals surface area contributed by atoms with Crippen LogP contribution in [0.25, 0.3) is 0 Å². The molecule has 2 aliphatic rings. The van der Waals surface area contributed by atoms with Gasteiger partial charge in [-0.25, -0.2) is 0 Å². The van der Waals surface area contributed by atoms with Gasteiger partial charge < -0.3 is 10.1 Å². The maximum atomic E-state index is 5.73. The first kappa shape index (κ1) is 13.4. The molecule has 104 valence electrons. The van der Waals surface area contributed by atoms with Crippen molar-refractivity contribution >= 4 is 15.9 Å². The Bertz CT molecular complexity index is 466. The number of aryl methyl sites for hydroxylation is 1. The van der Waals surface area contributed by atoms with Crippen LogP contribution < -0.4 is 10.1 Å². The zero-order valence-corrected chi connectivity index (χ0v) is 13.2. The lowest BCUT2D eigenvalue weighted by Gasteiger charge is -2.30. The minimum Gasteiger partial charge on any atom is -0.495 e. The number of benzene rings is 1. The van der Waals surface area contributed by atoms with E-state index in [2.05, 4.69) is 27.3 Å². The van der Waals surface area contributed by atoms with Crippen LogP contribution in [0.4, 0.5) is 0 Å². The standard InChI is InChI=1S/C16H22BrNO/c1-19-16-14(17)10-12-4-2-3-5-13(12)15(16)11-6-8-18-9-7-11/h10-11,18H,2-9H2,1H3. The SMILES string of the molecule is COc1c(Br)cc2c(c1C1CCNCC1)CCCC2. The Kier molecular flexibility index (Phi) is 4.13. The largest absolute Gasteiger partial charge is 0.495 e. The van der Waals surface area contributed by atoms with E-state index >= 15 is 0 Å². The highest BCUT2D eigenvalue weighted by molar-refractivity contribution is 9.10. The lowest BCUT2D eigenvalue weighted by molar-refractivity contribution is 0.386. The Morgan fingerprint density at radius 1 is 1.21 bits per heavy atom. The number of halogens is 1. The molecule has 0 spiro atoms. The van der Waals surface area contributed by atoms with E-state index < -0.39 is 0 Å². The second-order valence-corrected chi connectivity index (χ2v) is 6.53. The number of piperidine rings is 1. The van der Waals surface area contributed by atoms with Crippen LogP contribution in [0.2, 0.25) is 0 Å². The van der Waals surface area contributed by atoms with E-state index in [9.17, 15) is 0 Å². The van der Waals surface area contributed by atoms with Crippen molar-refractivity contribution in [2.24, 2.45) is 0 Å². The number of hydrogen-bond acceptors (Lipinski definition) is 2. The second kappa shape index (κ2) is 5.84. The number of rotatable bonds is 2. The smallest absolute Gasteiger partial charge is 0.136 e. The van der Waals surface area contributed by atoms with Crippen LogP contribution in [-0.4, -0.2) is 20.2 Å². The summed E-state index contributed by atoms with van der Waals surface area (Å²) in [5.41, 5.74) is 4.65. The molecule has 1 heterocycles. The first-order chi connectivity index (χ1) is 9.31. The van der Waals surface area contributed by atoms with Gasteiger partial charge in [-0.1, -0.05) is 0 Å². The number of methoxy groups -OCH3 is 1. The molecule has 0 saturated carbocycles. The minimum absolute atomic E-state index is 0.667. The summed E-state index contributed by atoms with van der Waals surface area (Å²) in [6.07, 6.45) is 7.60. The lowest BCUT2D eigenvalue weighted by atomic mass is 9.80. The fourth-order valence-electron chi connectivity index (χ4n) is 3.63. The Morgan fingerprint density at radius 2 is 1.95 bits per heavy atom. The average Bonchev–Trinajstić information content (AvgIpc) is 2.46. The van der Waals surface area contributed by atoms with Crippen molar-refractivity contribution in [2.75, 3.05) is 20.2 Å². The van der Waals surface area contributed by atoms with E-state index in [0.717, 1.165) is 23.3 Å². The summed E-state index contributed by atoms with van der Waals surface area (Å²) in [5, 5.41) is 3.46. The molecule has 1 aromatic carbocycles. The van der Waals surface area contributed by atoms with Gasteiger partial charge in [0.1, 0.15) is 5.75 Å². The van der Waals surface area contributed by atoms with Crippen molar-refractivity contribution in [2.45, 2.75) is 44.4 Å². The van der Waals surface area contributed by atoms with Crippen molar-refractivity contribution in [3.63, 3.8) is 0 Å². The molecule has 1 N–H and O–H groups in total. The summed E-state index contributed by atoms with van der Waals surface area (Å²) in [7, 11) is 1.81. The minimum atomic E-state index is 0.667. The van der Waals surface area contributed by atoms with Crippen LogP contribution in [0.5, 0.6) is 5.75 Å². The van der Waals surface area contributed by atoms with Gasteiger partial charge in [0.15, 0.2) is 0 Å². The van der Waals surface area contributed by atoms with Crippen molar-refractivity contribution in [3.8, 4) is 5.75 Å². The summed E-state index contributed by atoms with van der Waals surface area (Å²) >= 11 is 3.71. The number of ether oxygens (including phenoxy) is 1. The molecule has 0 radical (unpaired) electrons. The molecule has 3 heteroatoms. The summed E-state index contributed by atoms with van der Waals surface area (Å²) < 4.78 is 6.87. The molecular formula is C16H22BrNO. The molecule has 0 unspecified atom stereocenters. The van der Waals surface area contributed by atoms with E-state index in [-0.39, 0.29) is 0 Å². The van der Waals surface area contributed by atoms with E-state index in [1.54, 1.807) is 18.2 Å². The topological polar surface area (TPSA) is 21.3 Å². The fourth-order valence-corrected chi connectivity index (χ4v) is 4.28. The van der Waals surface area contributed by atoms with Crippen LogP contribution >= 0.6 is 15.9 Å². The molecule has 1 aliphatic heterocycles. The van der Waals surface area contributed by atoms with Gasteiger partial charge in [-0.15, -0.1) is 0 Å². The number of nitrogens with one attached hydrogen (secondary N) is 1. The molecule has 1 aromatic rings. The van der Waals surface area contributed by atoms with Crippen LogP contribution in [0, 0.1) is 0 Å². The third-order valence-electron chi connectivity index (χ3n) is 4.55. The van der Waals surface area contributed by atoms with Gasteiger partial charge in [0.25, 0.3) is 0 Å². The predicted octanol–water partition coefficient (Wildman–Crippen LogP) is 3.80. The van der Waals surface area contributed by atoms with Crippen LogP contribution in [0.3, 0.4) is 0 Å². The third-order valence-corrected chi connectivity index (χ3v) is 5.14. The summed E-state index contributed by atoms with van der Waals surface area (Å²) in [6.45, 7) is 2.27. The molecule has 2 nitrogen and oxygen atoms in total. The number of fused-ring (bicyclic) bond motifs is 1. The molecule has 0 bridgehead atoms. The summed E-state index contributed by atoms with van der Waals surface area (Å²) in [6, 6.07) is 2.29. The molecule has 19 heavy (non-hydrogen) atoms. The Labute approximate surface area is 124 Å². The van der Waals surface area contributed by atoms with Gasteiger partial charge in [-0.05, 0) is 90.7 Å². The van der Waals surface area contributed by atoms with Crippen molar-refractivity contribution in [1.82, 2.24) is 5.32 Å². The van der Waals surface area contributed by atoms with Gasteiger partial charge in [0.05, 0.1) is 11.6 Å². The van der Waals surface area contributed by atoms with Crippen molar-refractivity contribution in [1.29, 1.82) is 0 Å². The monoisotopic (exact) mass is 323 g/mol. The Morgan fingerprint density at radius 3 is 2.68 bits per heavy atom. The number of hydrogen-bond donors (Lipinski definition) is 1. The highest BCUT2D eigenvalue weighted by Gasteiger charge is 2.26. The van der Waals surface area contributed by atoms with Gasteiger partial charge in [-0.3, -0.25) is 0 Å². The van der Waals surface area contributed by atoms with E-state index in [0.29, 0.717) is 5.92 Å². The van der Waals surface area contributed by atoms with E-state index in [4.69, 9.17) is 4.74 Å². The van der Waals surface area contributed by atoms with Crippen molar-refractivity contribution < 1.29 is 4.74 Å². The van der Waals surface area contributed by atoms with Gasteiger partial charge in [0, 0.05) is 5.56 Å². The molecule has 1 saturated heterocycles. The highest BCUT2D eigenvalue weighted by Crippen LogP contribution is 2.43. The fraction of sp³-hybridized carbons (Fsp3) is 0.625. The Balaban J connectivity index is 2.09. The molecule has 0 aromatic heterocycles. The van der Waals surface area contributed by atoms with Gasteiger partial charge in [0.2, 0.25) is 0 Å². The molecule has 3 rings (SSSR count). The molecule has 0 amide bonds. The first-order valence-corrected chi connectivity index (χ1v) is 8.19. The van der Waals surface area contributed by atoms with Crippen LogP contribution in [0.15, 0.2) is 10.5 Å². The Hall–Kier alpha value is -0.540. The molecule has 1 fully saturated rings. The van der Waals surface area contributed by atoms with Crippen LogP contribution in [-0.2, 0) is 12.8 Å². The highest BCUT2D eigenvalue weighted by atomic mass is 79.9.